The Morgan fingerprint density at radius 1 is 1.14 bits per heavy atom. The molecule has 2 aliphatic heterocycles. The van der Waals surface area contributed by atoms with Gasteiger partial charge in [0.05, 0.1) is 42.6 Å². The second-order valence-electron chi connectivity index (χ2n) is 11.5. The van der Waals surface area contributed by atoms with Crippen molar-refractivity contribution in [3.8, 4) is 0 Å². The van der Waals surface area contributed by atoms with Gasteiger partial charge in [0.15, 0.2) is 0 Å². The number of nitrogens with one attached hydrogen (secondary N) is 3. The molecule has 1 fully saturated rings. The third-order valence-electron chi connectivity index (χ3n) is 7.40. The molecule has 4 amide bonds. The highest BCUT2D eigenvalue weighted by Gasteiger charge is 2.34. The first-order valence-electron chi connectivity index (χ1n) is 13.8. The summed E-state index contributed by atoms with van der Waals surface area (Å²) in [5.41, 5.74) is 3.15. The summed E-state index contributed by atoms with van der Waals surface area (Å²) >= 11 is 6.55. The standard InChI is InChI=1S/C31H34ClN7O4/c1-6-26(40)35-23-16-43-17-24(23)36-29-33-14-19-15-39(30(42)38(5)27(19)37-29)25-12-18(10-11-22(25)32)28(41)34-21-9-7-8-20(13-21)31(2,3)4/h6-14,23-24H,1,15-17H2,2-5H3,(H,34,41)(H,35,40)(H,33,36,37). The van der Waals surface area contributed by atoms with Gasteiger partial charge in [-0.3, -0.25) is 19.4 Å². The van der Waals surface area contributed by atoms with E-state index in [2.05, 4.69) is 53.3 Å². The quantitative estimate of drug-likeness (QED) is 0.333. The van der Waals surface area contributed by atoms with Crippen molar-refractivity contribution in [2.45, 2.75) is 44.8 Å². The molecule has 11 nitrogen and oxygen atoms in total. The van der Waals surface area contributed by atoms with Crippen LogP contribution >= 0.6 is 11.6 Å². The molecule has 3 N–H and O–H groups in total. The first-order valence-corrected chi connectivity index (χ1v) is 14.2. The number of carbonyl (C=O) groups is 3. The van der Waals surface area contributed by atoms with Gasteiger partial charge in [-0.2, -0.15) is 4.98 Å². The highest BCUT2D eigenvalue weighted by molar-refractivity contribution is 6.34. The van der Waals surface area contributed by atoms with Crippen molar-refractivity contribution in [3.05, 3.63) is 83.0 Å². The van der Waals surface area contributed by atoms with Crippen LogP contribution in [0.5, 0.6) is 0 Å². The van der Waals surface area contributed by atoms with Crippen molar-refractivity contribution in [1.29, 1.82) is 0 Å². The molecule has 224 valence electrons. The maximum absolute atomic E-state index is 13.5. The second-order valence-corrected chi connectivity index (χ2v) is 11.9. The fraction of sp³-hybridized carbons (Fsp3) is 0.323. The van der Waals surface area contributed by atoms with Gasteiger partial charge >= 0.3 is 6.03 Å². The molecule has 2 aliphatic rings. The summed E-state index contributed by atoms with van der Waals surface area (Å²) < 4.78 is 5.51. The summed E-state index contributed by atoms with van der Waals surface area (Å²) in [4.78, 5) is 50.4. The highest BCUT2D eigenvalue weighted by atomic mass is 35.5. The molecule has 0 radical (unpaired) electrons. The number of fused-ring (bicyclic) bond motifs is 1. The second kappa shape index (κ2) is 12.0. The fourth-order valence-corrected chi connectivity index (χ4v) is 5.16. The topological polar surface area (TPSA) is 129 Å². The lowest BCUT2D eigenvalue weighted by molar-refractivity contribution is -0.117. The smallest absolute Gasteiger partial charge is 0.330 e. The van der Waals surface area contributed by atoms with Crippen LogP contribution in [0.25, 0.3) is 0 Å². The van der Waals surface area contributed by atoms with E-state index in [9.17, 15) is 14.4 Å². The van der Waals surface area contributed by atoms with Crippen molar-refractivity contribution in [2.75, 3.05) is 40.7 Å². The predicted molar refractivity (Wildman–Crippen MR) is 167 cm³/mol. The van der Waals surface area contributed by atoms with E-state index in [-0.39, 0.29) is 41.9 Å². The largest absolute Gasteiger partial charge is 0.377 e. The molecule has 43 heavy (non-hydrogen) atoms. The Kier molecular flexibility index (Phi) is 8.38. The summed E-state index contributed by atoms with van der Waals surface area (Å²) in [5.74, 6) is 0.120. The van der Waals surface area contributed by atoms with E-state index in [1.54, 1.807) is 31.4 Å². The molecule has 0 aliphatic carbocycles. The van der Waals surface area contributed by atoms with Gasteiger partial charge in [-0.25, -0.2) is 9.78 Å². The van der Waals surface area contributed by atoms with Crippen LogP contribution in [0.15, 0.2) is 61.3 Å². The van der Waals surface area contributed by atoms with Gasteiger partial charge in [0.2, 0.25) is 11.9 Å². The van der Waals surface area contributed by atoms with Crippen molar-refractivity contribution in [1.82, 2.24) is 15.3 Å². The van der Waals surface area contributed by atoms with Crippen molar-refractivity contribution < 1.29 is 19.1 Å². The number of ether oxygens (including phenoxy) is 1. The number of amides is 4. The van der Waals surface area contributed by atoms with Gasteiger partial charge < -0.3 is 20.7 Å². The maximum atomic E-state index is 13.5. The molecule has 5 rings (SSSR count). The SMILES string of the molecule is C=CC(=O)NC1COCC1Nc1ncc2c(n1)N(C)C(=O)N(c1cc(C(=O)Nc3cccc(C(C)(C)C)c3)ccc1Cl)C2. The number of hydrogen-bond donors (Lipinski definition) is 3. The highest BCUT2D eigenvalue weighted by Crippen LogP contribution is 2.35. The minimum Gasteiger partial charge on any atom is -0.377 e. The molecule has 0 saturated carbocycles. The van der Waals surface area contributed by atoms with Gasteiger partial charge in [0.1, 0.15) is 5.82 Å². The summed E-state index contributed by atoms with van der Waals surface area (Å²) in [5, 5.41) is 9.30. The molecule has 0 spiro atoms. The van der Waals surface area contributed by atoms with Crippen LogP contribution in [0.2, 0.25) is 5.02 Å². The average molecular weight is 604 g/mol. The number of carbonyl (C=O) groups excluding carboxylic acids is 3. The van der Waals surface area contributed by atoms with Gasteiger partial charge in [-0.1, -0.05) is 51.1 Å². The van der Waals surface area contributed by atoms with Crippen molar-refractivity contribution in [2.24, 2.45) is 0 Å². The van der Waals surface area contributed by atoms with E-state index < -0.39 is 0 Å². The number of nitrogens with zero attached hydrogens (tertiary/aromatic N) is 4. The lowest BCUT2D eigenvalue weighted by Crippen LogP contribution is -2.47. The van der Waals surface area contributed by atoms with Crippen LogP contribution in [-0.2, 0) is 21.5 Å². The molecular weight excluding hydrogens is 570 g/mol. The minimum atomic E-state index is -0.366. The Morgan fingerprint density at radius 2 is 1.91 bits per heavy atom. The normalized spacial score (nSPS) is 18.2. The number of hydrogen-bond acceptors (Lipinski definition) is 7. The number of aromatic nitrogens is 2. The minimum absolute atomic E-state index is 0.0674. The van der Waals surface area contributed by atoms with E-state index in [0.29, 0.717) is 52.5 Å². The zero-order chi connectivity index (χ0) is 30.9. The van der Waals surface area contributed by atoms with Gasteiger partial charge in [-0.15, -0.1) is 0 Å². The molecule has 1 saturated heterocycles. The van der Waals surface area contributed by atoms with E-state index >= 15 is 0 Å². The summed E-state index contributed by atoms with van der Waals surface area (Å²) in [6, 6.07) is 11.7. The Bertz CT molecular complexity index is 1590. The number of urea groups is 1. The zero-order valence-electron chi connectivity index (χ0n) is 24.5. The molecule has 3 aromatic rings. The summed E-state index contributed by atoms with van der Waals surface area (Å²) in [6.45, 7) is 10.7. The molecule has 12 heteroatoms. The van der Waals surface area contributed by atoms with E-state index in [1.165, 1.54) is 15.9 Å². The van der Waals surface area contributed by atoms with Gasteiger partial charge in [0.25, 0.3) is 5.91 Å². The molecule has 2 atom stereocenters. The molecular formula is C31H34ClN7O4. The van der Waals surface area contributed by atoms with Crippen LogP contribution in [0.4, 0.5) is 27.9 Å². The molecule has 2 aromatic carbocycles. The summed E-state index contributed by atoms with van der Waals surface area (Å²) in [6.07, 6.45) is 2.84. The number of halogens is 1. The number of anilines is 4. The Hall–Kier alpha value is -4.48. The molecule has 0 bridgehead atoms. The van der Waals surface area contributed by atoms with Gasteiger partial charge in [-0.05, 0) is 47.4 Å². The van der Waals surface area contributed by atoms with Crippen LogP contribution in [0.3, 0.4) is 0 Å². The third kappa shape index (κ3) is 6.47. The molecule has 3 heterocycles. The van der Waals surface area contributed by atoms with Crippen LogP contribution in [-0.4, -0.2) is 60.2 Å². The average Bonchev–Trinajstić information content (AvgIpc) is 3.41. The van der Waals surface area contributed by atoms with Crippen LogP contribution < -0.4 is 25.8 Å². The first-order chi connectivity index (χ1) is 20.4. The van der Waals surface area contributed by atoms with Crippen molar-refractivity contribution in [3.63, 3.8) is 0 Å². The lowest BCUT2D eigenvalue weighted by Gasteiger charge is -2.34. The summed E-state index contributed by atoms with van der Waals surface area (Å²) in [7, 11) is 1.61. The van der Waals surface area contributed by atoms with Crippen LogP contribution in [0, 0.1) is 0 Å². The first kappa shape index (κ1) is 30.0. The number of rotatable bonds is 7. The zero-order valence-corrected chi connectivity index (χ0v) is 25.2. The maximum Gasteiger partial charge on any atom is 0.330 e. The van der Waals surface area contributed by atoms with E-state index in [4.69, 9.17) is 16.3 Å². The molecule has 2 unspecified atom stereocenters. The lowest BCUT2D eigenvalue weighted by atomic mass is 9.87. The Morgan fingerprint density at radius 3 is 2.65 bits per heavy atom. The fourth-order valence-electron chi connectivity index (χ4n) is 4.94. The van der Waals surface area contributed by atoms with E-state index in [0.717, 1.165) is 5.56 Å². The monoisotopic (exact) mass is 603 g/mol. The Balaban J connectivity index is 1.34. The van der Waals surface area contributed by atoms with Crippen molar-refractivity contribution >= 4 is 52.6 Å². The third-order valence-corrected chi connectivity index (χ3v) is 7.72. The van der Waals surface area contributed by atoms with E-state index in [1.807, 2.05) is 24.3 Å². The number of benzene rings is 2. The Labute approximate surface area is 255 Å². The van der Waals surface area contributed by atoms with Crippen LogP contribution in [0.1, 0.15) is 42.3 Å². The predicted octanol–water partition coefficient (Wildman–Crippen LogP) is 4.74. The van der Waals surface area contributed by atoms with Gasteiger partial charge in [0, 0.05) is 30.1 Å². The molecule has 1 aromatic heterocycles.